The Morgan fingerprint density at radius 3 is 2.58 bits per heavy atom. The number of nitrogens with one attached hydrogen (secondary N) is 1. The number of guanidine groups is 1. The van der Waals surface area contributed by atoms with E-state index in [9.17, 15) is 19.2 Å². The normalized spacial score (nSPS) is 25.1. The zero-order valence-electron chi connectivity index (χ0n) is 21.3. The van der Waals surface area contributed by atoms with E-state index in [0.29, 0.717) is 31.1 Å². The molecule has 36 heavy (non-hydrogen) atoms. The third kappa shape index (κ3) is 7.85. The number of aliphatic imine (C=N–C) groups is 1. The molecule has 0 bridgehead atoms. The number of nitrogens with zero attached hydrogens (tertiary/aromatic N) is 2. The van der Waals surface area contributed by atoms with Crippen LogP contribution in [0.15, 0.2) is 4.99 Å². The summed E-state index contributed by atoms with van der Waals surface area (Å²) in [6, 6.07) is -1.37. The van der Waals surface area contributed by atoms with Crippen LogP contribution in [0.4, 0.5) is 0 Å². The predicted octanol–water partition coefficient (Wildman–Crippen LogP) is 1.70. The number of hydrogen-bond donors (Lipinski definition) is 3. The van der Waals surface area contributed by atoms with Crippen LogP contribution in [0.25, 0.3) is 0 Å². The third-order valence-electron chi connectivity index (χ3n) is 7.56. The summed E-state index contributed by atoms with van der Waals surface area (Å²) >= 11 is 1.64. The molecule has 202 valence electrons. The van der Waals surface area contributed by atoms with Crippen molar-refractivity contribution in [1.29, 1.82) is 0 Å². The van der Waals surface area contributed by atoms with E-state index >= 15 is 0 Å². The first-order valence-corrected chi connectivity index (χ1v) is 14.2. The molecule has 2 heterocycles. The van der Waals surface area contributed by atoms with Crippen LogP contribution in [0.1, 0.15) is 77.0 Å². The number of fused-ring (bicyclic) bond motifs is 1. The first kappa shape index (κ1) is 28.3. The quantitative estimate of drug-likeness (QED) is 0.151. The van der Waals surface area contributed by atoms with E-state index in [1.807, 2.05) is 0 Å². The minimum absolute atomic E-state index is 0.0181. The Morgan fingerprint density at radius 2 is 1.89 bits per heavy atom. The lowest BCUT2D eigenvalue weighted by Gasteiger charge is -2.38. The molecule has 2 aliphatic heterocycles. The van der Waals surface area contributed by atoms with Crippen LogP contribution >= 0.6 is 11.8 Å². The number of methoxy groups -OCH3 is 1. The Kier molecular flexibility index (Phi) is 10.9. The van der Waals surface area contributed by atoms with E-state index < -0.39 is 18.1 Å². The minimum atomic E-state index is -0.779. The molecule has 2 amide bonds. The summed E-state index contributed by atoms with van der Waals surface area (Å²) < 4.78 is 4.63. The van der Waals surface area contributed by atoms with Gasteiger partial charge >= 0.3 is 5.97 Å². The van der Waals surface area contributed by atoms with E-state index in [2.05, 4.69) is 15.0 Å². The zero-order valence-corrected chi connectivity index (χ0v) is 22.1. The number of carbonyl (C=O) groups excluding carboxylic acids is 4. The van der Waals surface area contributed by atoms with Crippen LogP contribution in [-0.4, -0.2) is 71.3 Å². The van der Waals surface area contributed by atoms with Crippen molar-refractivity contribution < 1.29 is 23.9 Å². The summed E-state index contributed by atoms with van der Waals surface area (Å²) in [4.78, 5) is 56.9. The van der Waals surface area contributed by atoms with Crippen molar-refractivity contribution in [2.24, 2.45) is 28.3 Å². The second kappa shape index (κ2) is 13.9. The summed E-state index contributed by atoms with van der Waals surface area (Å²) in [5.41, 5.74) is 10.7. The van der Waals surface area contributed by atoms with Gasteiger partial charge in [-0.1, -0.05) is 32.1 Å². The van der Waals surface area contributed by atoms with E-state index in [4.69, 9.17) is 11.5 Å². The van der Waals surface area contributed by atoms with E-state index in [-0.39, 0.29) is 47.7 Å². The summed E-state index contributed by atoms with van der Waals surface area (Å²) in [5, 5.41) is 2.90. The number of ketones is 1. The highest BCUT2D eigenvalue weighted by Gasteiger charge is 2.47. The zero-order chi connectivity index (χ0) is 26.1. The summed E-state index contributed by atoms with van der Waals surface area (Å²) in [7, 11) is 1.27. The Labute approximate surface area is 217 Å². The van der Waals surface area contributed by atoms with Crippen molar-refractivity contribution in [3.05, 3.63) is 0 Å². The molecule has 3 fully saturated rings. The number of hydrogen-bond acceptors (Lipinski definition) is 7. The van der Waals surface area contributed by atoms with Crippen LogP contribution in [0.3, 0.4) is 0 Å². The Morgan fingerprint density at radius 1 is 1.14 bits per heavy atom. The monoisotopic (exact) mass is 523 g/mol. The average molecular weight is 524 g/mol. The minimum Gasteiger partial charge on any atom is -0.469 e. The van der Waals surface area contributed by atoms with E-state index in [1.54, 1.807) is 16.7 Å². The number of amides is 2. The maximum absolute atomic E-state index is 13.5. The molecule has 0 aromatic carbocycles. The molecule has 0 radical (unpaired) electrons. The van der Waals surface area contributed by atoms with Gasteiger partial charge in [-0.2, -0.15) is 0 Å². The molecule has 4 atom stereocenters. The smallest absolute Gasteiger partial charge is 0.305 e. The third-order valence-corrected chi connectivity index (χ3v) is 8.91. The molecule has 5 N–H and O–H groups in total. The van der Waals surface area contributed by atoms with Crippen molar-refractivity contribution >= 4 is 41.3 Å². The van der Waals surface area contributed by atoms with Crippen LogP contribution in [-0.2, 0) is 23.9 Å². The summed E-state index contributed by atoms with van der Waals surface area (Å²) in [6.45, 7) is 0.327. The van der Waals surface area contributed by atoms with Gasteiger partial charge in [-0.15, -0.1) is 11.8 Å². The number of thioether (sulfide) groups is 1. The Balaban J connectivity index is 1.62. The number of carbonyl (C=O) groups is 4. The van der Waals surface area contributed by atoms with Crippen LogP contribution in [0.2, 0.25) is 0 Å². The van der Waals surface area contributed by atoms with Gasteiger partial charge in [-0.05, 0) is 38.0 Å². The van der Waals surface area contributed by atoms with E-state index in [1.165, 1.54) is 39.2 Å². The second-order valence-electron chi connectivity index (χ2n) is 10.1. The van der Waals surface area contributed by atoms with Crippen molar-refractivity contribution in [3.8, 4) is 0 Å². The molecule has 0 aromatic rings. The molecule has 3 rings (SSSR count). The highest BCUT2D eigenvalue weighted by atomic mass is 32.2. The van der Waals surface area contributed by atoms with Gasteiger partial charge in [-0.3, -0.25) is 24.2 Å². The van der Waals surface area contributed by atoms with Gasteiger partial charge in [0, 0.05) is 24.6 Å². The first-order valence-electron chi connectivity index (χ1n) is 13.2. The van der Waals surface area contributed by atoms with E-state index in [0.717, 1.165) is 19.3 Å². The number of Topliss-reactive ketones (excluding diaryl/α,β-unsaturated/α-hetero) is 1. The summed E-state index contributed by atoms with van der Waals surface area (Å²) in [6.07, 6.45) is 9.61. The highest BCUT2D eigenvalue weighted by molar-refractivity contribution is 8.00. The SMILES string of the molecule is COC(=O)CCC(=O)C(CCCN=C(N)N)NC(=O)[C@@H]1CSC2CCC(CC3CCCCC3)C(=O)N21. The van der Waals surface area contributed by atoms with Crippen molar-refractivity contribution in [2.45, 2.75) is 94.5 Å². The fourth-order valence-corrected chi connectivity index (χ4v) is 7.02. The molecule has 1 aliphatic carbocycles. The predicted molar refractivity (Wildman–Crippen MR) is 139 cm³/mol. The van der Waals surface area contributed by atoms with Gasteiger partial charge in [0.25, 0.3) is 0 Å². The van der Waals surface area contributed by atoms with Gasteiger partial charge in [-0.25, -0.2) is 0 Å². The molecule has 3 aliphatic rings. The molecule has 3 unspecified atom stereocenters. The molecule has 1 saturated carbocycles. The lowest BCUT2D eigenvalue weighted by Crippen LogP contribution is -2.56. The summed E-state index contributed by atoms with van der Waals surface area (Å²) in [5.74, 6) is 0.123. The number of rotatable bonds is 12. The fraction of sp³-hybridized carbons (Fsp3) is 0.800. The number of ether oxygens (including phenoxy) is 1. The lowest BCUT2D eigenvalue weighted by atomic mass is 9.80. The molecule has 10 nitrogen and oxygen atoms in total. The highest BCUT2D eigenvalue weighted by Crippen LogP contribution is 2.41. The molecule has 2 saturated heterocycles. The number of esters is 1. The molecule has 11 heteroatoms. The van der Waals surface area contributed by atoms with Crippen molar-refractivity contribution in [2.75, 3.05) is 19.4 Å². The van der Waals surface area contributed by atoms with Crippen LogP contribution in [0, 0.1) is 11.8 Å². The fourth-order valence-electron chi connectivity index (χ4n) is 5.59. The van der Waals surface area contributed by atoms with Crippen molar-refractivity contribution in [1.82, 2.24) is 10.2 Å². The maximum Gasteiger partial charge on any atom is 0.305 e. The molecule has 0 aromatic heterocycles. The van der Waals surface area contributed by atoms with Crippen molar-refractivity contribution in [3.63, 3.8) is 0 Å². The number of piperidine rings is 1. The topological polar surface area (TPSA) is 157 Å². The van der Waals surface area contributed by atoms with Gasteiger partial charge in [0.2, 0.25) is 11.8 Å². The standard InChI is InChI=1S/C25H41N5O5S/c1-35-22(32)12-10-20(31)18(8-5-13-28-25(26)27)29-23(33)19-15-36-21-11-9-17(24(34)30(19)21)14-16-6-3-2-4-7-16/h16-19,21H,2-15H2,1H3,(H,29,33)(H4,26,27,28)/t17?,18?,19-,21?/m0/s1. The number of nitrogens with two attached hydrogens (primary N) is 2. The average Bonchev–Trinajstić information content (AvgIpc) is 3.31. The Bertz CT molecular complexity index is 828. The van der Waals surface area contributed by atoms with Gasteiger partial charge in [0.15, 0.2) is 11.7 Å². The Hall–Kier alpha value is -2.30. The van der Waals surface area contributed by atoms with Crippen LogP contribution in [0.5, 0.6) is 0 Å². The second-order valence-corrected chi connectivity index (χ2v) is 11.3. The molecular weight excluding hydrogens is 482 g/mol. The largest absolute Gasteiger partial charge is 0.469 e. The van der Waals surface area contributed by atoms with Gasteiger partial charge < -0.3 is 26.4 Å². The first-order chi connectivity index (χ1) is 17.3. The molecular formula is C25H41N5O5S. The van der Waals surface area contributed by atoms with Crippen LogP contribution < -0.4 is 16.8 Å². The molecule has 0 spiro atoms. The lowest BCUT2D eigenvalue weighted by molar-refractivity contribution is -0.147. The van der Waals surface area contributed by atoms with Gasteiger partial charge in [0.05, 0.1) is 24.9 Å². The van der Waals surface area contributed by atoms with Gasteiger partial charge in [0.1, 0.15) is 6.04 Å². The maximum atomic E-state index is 13.5.